The van der Waals surface area contributed by atoms with E-state index in [1.165, 1.54) is 24.3 Å². The van der Waals surface area contributed by atoms with E-state index in [4.69, 9.17) is 5.73 Å². The molecular formula is C15H13F2NO. The normalized spacial score (nSPS) is 10.5. The molecule has 0 saturated heterocycles. The van der Waals surface area contributed by atoms with Gasteiger partial charge < -0.3 is 5.73 Å². The molecule has 2 aromatic rings. The fraction of sp³-hybridized carbons (Fsp3) is 0.133. The lowest BCUT2D eigenvalue weighted by Gasteiger charge is -2.10. The fourth-order valence-corrected chi connectivity index (χ4v) is 2.10. The highest BCUT2D eigenvalue weighted by atomic mass is 19.1. The van der Waals surface area contributed by atoms with Crippen LogP contribution in [0.5, 0.6) is 0 Å². The van der Waals surface area contributed by atoms with E-state index >= 15 is 0 Å². The number of nitrogen functional groups attached to an aromatic ring is 1. The van der Waals surface area contributed by atoms with Gasteiger partial charge >= 0.3 is 0 Å². The summed E-state index contributed by atoms with van der Waals surface area (Å²) in [4.78, 5) is 12.4. The molecule has 0 bridgehead atoms. The predicted molar refractivity (Wildman–Crippen MR) is 70.1 cm³/mol. The molecule has 2 nitrogen and oxygen atoms in total. The Bertz CT molecular complexity index is 642. The first kappa shape index (κ1) is 13.2. The Morgan fingerprint density at radius 3 is 2.16 bits per heavy atom. The Balaban J connectivity index is 2.53. The molecule has 2 N–H and O–H groups in total. The second-order valence-electron chi connectivity index (χ2n) is 4.48. The van der Waals surface area contributed by atoms with Crippen LogP contribution in [0.25, 0.3) is 0 Å². The third kappa shape index (κ3) is 2.47. The largest absolute Gasteiger partial charge is 0.396 e. The summed E-state index contributed by atoms with van der Waals surface area (Å²) in [6.07, 6.45) is 0. The third-order valence-corrected chi connectivity index (χ3v) is 2.98. The lowest BCUT2D eigenvalue weighted by Crippen LogP contribution is -2.08. The Kier molecular flexibility index (Phi) is 3.34. The zero-order valence-corrected chi connectivity index (χ0v) is 10.6. The van der Waals surface area contributed by atoms with Crippen LogP contribution in [0.1, 0.15) is 27.0 Å². The van der Waals surface area contributed by atoms with Gasteiger partial charge in [0.2, 0.25) is 0 Å². The summed E-state index contributed by atoms with van der Waals surface area (Å²) in [7, 11) is 0. The average molecular weight is 261 g/mol. The molecule has 0 amide bonds. The number of nitrogens with two attached hydrogens (primary N) is 1. The first-order chi connectivity index (χ1) is 8.90. The molecule has 0 aromatic heterocycles. The van der Waals surface area contributed by atoms with Crippen molar-refractivity contribution < 1.29 is 13.6 Å². The predicted octanol–water partition coefficient (Wildman–Crippen LogP) is 3.39. The molecule has 4 heteroatoms. The lowest BCUT2D eigenvalue weighted by atomic mass is 9.94. The van der Waals surface area contributed by atoms with Crippen molar-refractivity contribution in [1.82, 2.24) is 0 Å². The van der Waals surface area contributed by atoms with Gasteiger partial charge in [-0.25, -0.2) is 8.78 Å². The van der Waals surface area contributed by atoms with E-state index < -0.39 is 5.82 Å². The van der Waals surface area contributed by atoms with Crippen LogP contribution in [-0.4, -0.2) is 5.78 Å². The molecule has 0 saturated carbocycles. The minimum absolute atomic E-state index is 0.0803. The van der Waals surface area contributed by atoms with E-state index in [-0.39, 0.29) is 22.9 Å². The number of carbonyl (C=O) groups is 1. The molecular weight excluding hydrogens is 248 g/mol. The maximum absolute atomic E-state index is 13.2. The summed E-state index contributed by atoms with van der Waals surface area (Å²) >= 11 is 0. The quantitative estimate of drug-likeness (QED) is 0.665. The van der Waals surface area contributed by atoms with Gasteiger partial charge in [0.25, 0.3) is 0 Å². The SMILES string of the molecule is Cc1cc(F)cc(C)c1C(=O)c1ccc(F)c(N)c1. The molecule has 0 fully saturated rings. The van der Waals surface area contributed by atoms with Gasteiger partial charge in [0.1, 0.15) is 11.6 Å². The summed E-state index contributed by atoms with van der Waals surface area (Å²) in [5.74, 6) is -1.24. The van der Waals surface area contributed by atoms with Gasteiger partial charge in [0.05, 0.1) is 5.69 Å². The van der Waals surface area contributed by atoms with E-state index in [2.05, 4.69) is 0 Å². The second-order valence-corrected chi connectivity index (χ2v) is 4.48. The van der Waals surface area contributed by atoms with Gasteiger partial charge in [0, 0.05) is 11.1 Å². The monoisotopic (exact) mass is 261 g/mol. The van der Waals surface area contributed by atoms with Gasteiger partial charge in [-0.15, -0.1) is 0 Å². The summed E-state index contributed by atoms with van der Waals surface area (Å²) in [5, 5.41) is 0. The van der Waals surface area contributed by atoms with Crippen molar-refractivity contribution in [2.75, 3.05) is 5.73 Å². The Morgan fingerprint density at radius 2 is 1.63 bits per heavy atom. The number of hydrogen-bond acceptors (Lipinski definition) is 2. The number of anilines is 1. The van der Waals surface area contributed by atoms with E-state index in [9.17, 15) is 13.6 Å². The van der Waals surface area contributed by atoms with E-state index in [0.29, 0.717) is 16.7 Å². The minimum Gasteiger partial charge on any atom is -0.396 e. The molecule has 19 heavy (non-hydrogen) atoms. The highest BCUT2D eigenvalue weighted by Gasteiger charge is 2.16. The van der Waals surface area contributed by atoms with Crippen LogP contribution < -0.4 is 5.73 Å². The van der Waals surface area contributed by atoms with E-state index in [0.717, 1.165) is 6.07 Å². The van der Waals surface area contributed by atoms with Crippen molar-refractivity contribution in [1.29, 1.82) is 0 Å². The zero-order chi connectivity index (χ0) is 14.2. The van der Waals surface area contributed by atoms with Crippen LogP contribution in [0.15, 0.2) is 30.3 Å². The molecule has 0 aliphatic rings. The molecule has 98 valence electrons. The van der Waals surface area contributed by atoms with Gasteiger partial charge in [-0.1, -0.05) is 0 Å². The zero-order valence-electron chi connectivity index (χ0n) is 10.6. The number of hydrogen-bond donors (Lipinski definition) is 1. The lowest BCUT2D eigenvalue weighted by molar-refractivity contribution is 0.103. The maximum atomic E-state index is 13.2. The number of benzene rings is 2. The third-order valence-electron chi connectivity index (χ3n) is 2.98. The van der Waals surface area contributed by atoms with Crippen LogP contribution in [0.2, 0.25) is 0 Å². The van der Waals surface area contributed by atoms with Crippen LogP contribution in [0.3, 0.4) is 0 Å². The molecule has 0 unspecified atom stereocenters. The maximum Gasteiger partial charge on any atom is 0.193 e. The minimum atomic E-state index is -0.566. The standard InChI is InChI=1S/C15H13F2NO/c1-8-5-11(16)6-9(2)14(8)15(19)10-3-4-12(17)13(18)7-10/h3-7H,18H2,1-2H3. The molecule has 0 heterocycles. The van der Waals surface area contributed by atoms with Crippen LogP contribution >= 0.6 is 0 Å². The molecule has 0 spiro atoms. The highest BCUT2D eigenvalue weighted by molar-refractivity contribution is 6.11. The molecule has 0 aliphatic carbocycles. The highest BCUT2D eigenvalue weighted by Crippen LogP contribution is 2.21. The first-order valence-corrected chi connectivity index (χ1v) is 5.76. The number of halogens is 2. The van der Waals surface area contributed by atoms with Crippen molar-refractivity contribution in [2.24, 2.45) is 0 Å². The van der Waals surface area contributed by atoms with Crippen LogP contribution in [0.4, 0.5) is 14.5 Å². The summed E-state index contributed by atoms with van der Waals surface area (Å²) in [6.45, 7) is 3.33. The average Bonchev–Trinajstić information content (AvgIpc) is 2.31. The number of carbonyl (C=O) groups excluding carboxylic acids is 1. The van der Waals surface area contributed by atoms with Crippen molar-refractivity contribution in [2.45, 2.75) is 13.8 Å². The second kappa shape index (κ2) is 4.80. The van der Waals surface area contributed by atoms with Crippen molar-refractivity contribution in [3.8, 4) is 0 Å². The van der Waals surface area contributed by atoms with Crippen LogP contribution in [-0.2, 0) is 0 Å². The van der Waals surface area contributed by atoms with Crippen molar-refractivity contribution >= 4 is 11.5 Å². The number of aryl methyl sites for hydroxylation is 2. The fourth-order valence-electron chi connectivity index (χ4n) is 2.10. The summed E-state index contributed by atoms with van der Waals surface area (Å²) < 4.78 is 26.3. The van der Waals surface area contributed by atoms with E-state index in [1.54, 1.807) is 13.8 Å². The Morgan fingerprint density at radius 1 is 1.05 bits per heavy atom. The summed E-state index contributed by atoms with van der Waals surface area (Å²) in [5.41, 5.74) is 7.17. The Hall–Kier alpha value is -2.23. The van der Waals surface area contributed by atoms with Gasteiger partial charge in [0.15, 0.2) is 5.78 Å². The number of rotatable bonds is 2. The number of ketones is 1. The first-order valence-electron chi connectivity index (χ1n) is 5.76. The Labute approximate surface area is 109 Å². The van der Waals surface area contributed by atoms with Gasteiger partial charge in [-0.05, 0) is 55.3 Å². The topological polar surface area (TPSA) is 43.1 Å². The van der Waals surface area contributed by atoms with Crippen molar-refractivity contribution in [3.05, 3.63) is 64.2 Å². The molecule has 0 atom stereocenters. The molecule has 0 aliphatic heterocycles. The molecule has 0 radical (unpaired) electrons. The van der Waals surface area contributed by atoms with Gasteiger partial charge in [-0.3, -0.25) is 4.79 Å². The summed E-state index contributed by atoms with van der Waals surface area (Å²) in [6, 6.07) is 6.41. The smallest absolute Gasteiger partial charge is 0.193 e. The van der Waals surface area contributed by atoms with Gasteiger partial charge in [-0.2, -0.15) is 0 Å². The molecule has 2 aromatic carbocycles. The van der Waals surface area contributed by atoms with E-state index in [1.807, 2.05) is 0 Å². The molecule has 2 rings (SSSR count). The van der Waals surface area contributed by atoms with Crippen LogP contribution in [0, 0.1) is 25.5 Å². The van der Waals surface area contributed by atoms with Crippen molar-refractivity contribution in [3.63, 3.8) is 0 Å².